The topological polar surface area (TPSA) is 49.6 Å². The second-order valence-corrected chi connectivity index (χ2v) is 7.65. The van der Waals surface area contributed by atoms with E-state index >= 15 is 0 Å². The minimum atomic E-state index is -0.349. The van der Waals surface area contributed by atoms with Crippen LogP contribution in [-0.4, -0.2) is 54.0 Å². The van der Waals surface area contributed by atoms with Crippen molar-refractivity contribution in [2.75, 3.05) is 32.7 Å². The van der Waals surface area contributed by atoms with Crippen molar-refractivity contribution < 1.29 is 4.79 Å². The number of piperazine rings is 1. The molecule has 0 bridgehead atoms. The molecule has 1 saturated carbocycles. The van der Waals surface area contributed by atoms with Gasteiger partial charge < -0.3 is 10.6 Å². The molecule has 2 heterocycles. The summed E-state index contributed by atoms with van der Waals surface area (Å²) in [4.78, 5) is 18.5. The summed E-state index contributed by atoms with van der Waals surface area (Å²) in [6.45, 7) is 5.19. The maximum atomic E-state index is 12.1. The number of nitrogens with zero attached hydrogens (tertiary/aromatic N) is 2. The third-order valence-corrected chi connectivity index (χ3v) is 6.31. The number of primary amides is 1. The van der Waals surface area contributed by atoms with Crippen LogP contribution in [0.2, 0.25) is 0 Å². The molecule has 1 aliphatic heterocycles. The van der Waals surface area contributed by atoms with E-state index in [1.165, 1.54) is 11.3 Å². The van der Waals surface area contributed by atoms with E-state index in [1.54, 1.807) is 0 Å². The Morgan fingerprint density at radius 1 is 1.18 bits per heavy atom. The molecular formula is C17H27N3OS. The molecule has 5 heteroatoms. The van der Waals surface area contributed by atoms with Crippen LogP contribution in [0.4, 0.5) is 0 Å². The van der Waals surface area contributed by atoms with E-state index in [0.717, 1.165) is 64.8 Å². The lowest BCUT2D eigenvalue weighted by Crippen LogP contribution is -2.63. The molecule has 0 atom stereocenters. The van der Waals surface area contributed by atoms with Gasteiger partial charge in [0, 0.05) is 37.6 Å². The highest BCUT2D eigenvalue weighted by Crippen LogP contribution is 2.34. The lowest BCUT2D eigenvalue weighted by Gasteiger charge is -2.47. The summed E-state index contributed by atoms with van der Waals surface area (Å²) in [6.07, 6.45) is 6.58. The van der Waals surface area contributed by atoms with Gasteiger partial charge in [0.25, 0.3) is 0 Å². The number of hydrogen-bond donors (Lipinski definition) is 1. The van der Waals surface area contributed by atoms with Crippen LogP contribution in [0.25, 0.3) is 0 Å². The van der Waals surface area contributed by atoms with E-state index in [-0.39, 0.29) is 11.4 Å². The van der Waals surface area contributed by atoms with Crippen molar-refractivity contribution in [3.63, 3.8) is 0 Å². The molecule has 2 N–H and O–H groups in total. The number of nitrogens with two attached hydrogens (primary N) is 1. The summed E-state index contributed by atoms with van der Waals surface area (Å²) >= 11 is 1.84. The van der Waals surface area contributed by atoms with Crippen molar-refractivity contribution in [3.8, 4) is 0 Å². The molecule has 2 fully saturated rings. The minimum Gasteiger partial charge on any atom is -0.368 e. The minimum absolute atomic E-state index is 0.0979. The number of amides is 1. The smallest absolute Gasteiger partial charge is 0.237 e. The maximum absolute atomic E-state index is 12.1. The summed E-state index contributed by atoms with van der Waals surface area (Å²) in [7, 11) is 0. The van der Waals surface area contributed by atoms with Crippen LogP contribution in [0.1, 0.15) is 37.0 Å². The summed E-state index contributed by atoms with van der Waals surface area (Å²) in [5, 5.41) is 2.15. The average Bonchev–Trinajstić information content (AvgIpc) is 3.07. The molecule has 1 amide bonds. The van der Waals surface area contributed by atoms with Gasteiger partial charge in [0.15, 0.2) is 0 Å². The van der Waals surface area contributed by atoms with Gasteiger partial charge in [-0.3, -0.25) is 9.69 Å². The highest BCUT2D eigenvalue weighted by Gasteiger charge is 2.43. The molecule has 2 aliphatic rings. The van der Waals surface area contributed by atoms with Gasteiger partial charge in [-0.15, -0.1) is 11.3 Å². The fourth-order valence-corrected chi connectivity index (χ4v) is 4.68. The SMILES string of the molecule is NC(=O)C1(N2CCN(CCc3cccs3)CC2)CCCCC1. The largest absolute Gasteiger partial charge is 0.368 e. The van der Waals surface area contributed by atoms with E-state index in [9.17, 15) is 4.79 Å². The van der Waals surface area contributed by atoms with Gasteiger partial charge in [0.1, 0.15) is 5.54 Å². The molecule has 22 heavy (non-hydrogen) atoms. The Labute approximate surface area is 137 Å². The van der Waals surface area contributed by atoms with Gasteiger partial charge in [0.05, 0.1) is 0 Å². The molecule has 0 unspecified atom stereocenters. The van der Waals surface area contributed by atoms with Crippen LogP contribution in [-0.2, 0) is 11.2 Å². The molecule has 1 aromatic heterocycles. The van der Waals surface area contributed by atoms with Crippen molar-refractivity contribution in [2.45, 2.75) is 44.1 Å². The van der Waals surface area contributed by atoms with Crippen LogP contribution in [0, 0.1) is 0 Å². The molecule has 0 spiro atoms. The Morgan fingerprint density at radius 3 is 2.50 bits per heavy atom. The number of carbonyl (C=O) groups is 1. The lowest BCUT2D eigenvalue weighted by molar-refractivity contribution is -0.134. The Morgan fingerprint density at radius 2 is 1.91 bits per heavy atom. The van der Waals surface area contributed by atoms with Crippen molar-refractivity contribution in [3.05, 3.63) is 22.4 Å². The summed E-state index contributed by atoms with van der Waals surface area (Å²) in [5.41, 5.74) is 5.45. The number of hydrogen-bond acceptors (Lipinski definition) is 4. The highest BCUT2D eigenvalue weighted by atomic mass is 32.1. The molecule has 1 aromatic rings. The number of rotatable bonds is 5. The third kappa shape index (κ3) is 3.36. The standard InChI is InChI=1S/C17H27N3OS/c18-16(21)17(7-2-1-3-8-17)20-12-10-19(11-13-20)9-6-15-5-4-14-22-15/h4-5,14H,1-3,6-13H2,(H2,18,21). The van der Waals surface area contributed by atoms with Crippen LogP contribution in [0.3, 0.4) is 0 Å². The highest BCUT2D eigenvalue weighted by molar-refractivity contribution is 7.09. The van der Waals surface area contributed by atoms with Gasteiger partial charge in [-0.1, -0.05) is 25.3 Å². The molecular weight excluding hydrogens is 294 g/mol. The van der Waals surface area contributed by atoms with Gasteiger partial charge >= 0.3 is 0 Å². The molecule has 1 saturated heterocycles. The van der Waals surface area contributed by atoms with Crippen molar-refractivity contribution in [2.24, 2.45) is 5.73 Å². The molecule has 4 nitrogen and oxygen atoms in total. The number of thiophene rings is 1. The lowest BCUT2D eigenvalue weighted by atomic mass is 9.79. The fourth-order valence-electron chi connectivity index (χ4n) is 3.98. The van der Waals surface area contributed by atoms with Crippen LogP contribution >= 0.6 is 11.3 Å². The summed E-state index contributed by atoms with van der Waals surface area (Å²) < 4.78 is 0. The predicted octanol–water partition coefficient (Wildman–Crippen LogP) is 2.10. The van der Waals surface area contributed by atoms with Crippen molar-refractivity contribution >= 4 is 17.2 Å². The molecule has 0 radical (unpaired) electrons. The van der Waals surface area contributed by atoms with E-state index in [4.69, 9.17) is 5.73 Å². The van der Waals surface area contributed by atoms with Crippen LogP contribution in [0.15, 0.2) is 17.5 Å². The van der Waals surface area contributed by atoms with Gasteiger partial charge in [-0.05, 0) is 30.7 Å². The first-order chi connectivity index (χ1) is 10.7. The van der Waals surface area contributed by atoms with Gasteiger partial charge in [-0.25, -0.2) is 0 Å². The quantitative estimate of drug-likeness (QED) is 0.903. The van der Waals surface area contributed by atoms with Crippen molar-refractivity contribution in [1.29, 1.82) is 0 Å². The number of carbonyl (C=O) groups excluding carboxylic acids is 1. The monoisotopic (exact) mass is 321 g/mol. The zero-order chi connectivity index (χ0) is 15.4. The normalized spacial score (nSPS) is 23.5. The van der Waals surface area contributed by atoms with Crippen LogP contribution in [0.5, 0.6) is 0 Å². The van der Waals surface area contributed by atoms with E-state index in [1.807, 2.05) is 11.3 Å². The van der Waals surface area contributed by atoms with Gasteiger partial charge in [-0.2, -0.15) is 0 Å². The summed E-state index contributed by atoms with van der Waals surface area (Å²) in [6, 6.07) is 4.34. The zero-order valence-corrected chi connectivity index (χ0v) is 14.1. The molecule has 0 aromatic carbocycles. The molecule has 122 valence electrons. The summed E-state index contributed by atoms with van der Waals surface area (Å²) in [5.74, 6) is -0.0979. The van der Waals surface area contributed by atoms with Gasteiger partial charge in [0.2, 0.25) is 5.91 Å². The van der Waals surface area contributed by atoms with E-state index < -0.39 is 0 Å². The average molecular weight is 321 g/mol. The maximum Gasteiger partial charge on any atom is 0.237 e. The second kappa shape index (κ2) is 7.11. The van der Waals surface area contributed by atoms with E-state index in [0.29, 0.717) is 0 Å². The fraction of sp³-hybridized carbons (Fsp3) is 0.706. The second-order valence-electron chi connectivity index (χ2n) is 6.61. The van der Waals surface area contributed by atoms with Crippen molar-refractivity contribution in [1.82, 2.24) is 9.80 Å². The Balaban J connectivity index is 1.52. The first kappa shape index (κ1) is 16.0. The Kier molecular flexibility index (Phi) is 5.16. The molecule has 1 aliphatic carbocycles. The van der Waals surface area contributed by atoms with Crippen LogP contribution < -0.4 is 5.73 Å². The first-order valence-electron chi connectivity index (χ1n) is 8.50. The Hall–Kier alpha value is -0.910. The molecule has 3 rings (SSSR count). The third-order valence-electron chi connectivity index (χ3n) is 5.37. The van der Waals surface area contributed by atoms with E-state index in [2.05, 4.69) is 27.3 Å². The Bertz CT molecular complexity index is 474. The predicted molar refractivity (Wildman–Crippen MR) is 91.0 cm³/mol. The zero-order valence-electron chi connectivity index (χ0n) is 13.3. The first-order valence-corrected chi connectivity index (χ1v) is 9.38.